The predicted molar refractivity (Wildman–Crippen MR) is 106 cm³/mol. The van der Waals surface area contributed by atoms with Gasteiger partial charge in [-0.2, -0.15) is 11.8 Å². The maximum Gasteiger partial charge on any atom is 0.407 e. The molecule has 9 heteroatoms. The van der Waals surface area contributed by atoms with Gasteiger partial charge in [0, 0.05) is 31.4 Å². The van der Waals surface area contributed by atoms with Crippen molar-refractivity contribution < 1.29 is 19.1 Å². The van der Waals surface area contributed by atoms with Crippen LogP contribution in [-0.2, 0) is 14.3 Å². The zero-order valence-corrected chi connectivity index (χ0v) is 17.5. The van der Waals surface area contributed by atoms with Crippen LogP contribution in [0.4, 0.5) is 4.79 Å². The van der Waals surface area contributed by atoms with Crippen LogP contribution in [-0.4, -0.2) is 61.0 Å². The highest BCUT2D eigenvalue weighted by Gasteiger charge is 2.15. The molecule has 0 saturated carbocycles. The summed E-state index contributed by atoms with van der Waals surface area (Å²) in [6.45, 7) is 7.81. The van der Waals surface area contributed by atoms with Crippen LogP contribution in [0.25, 0.3) is 0 Å². The molecule has 0 heterocycles. The zero-order chi connectivity index (χ0) is 18.3. The Balaban J connectivity index is 3.31. The van der Waals surface area contributed by atoms with Crippen LogP contribution < -0.4 is 10.6 Å². The van der Waals surface area contributed by atoms with Crippen LogP contribution in [0, 0.1) is 0 Å². The number of ether oxygens (including phenoxy) is 2. The lowest BCUT2D eigenvalue weighted by molar-refractivity contribution is -0.118. The van der Waals surface area contributed by atoms with Gasteiger partial charge in [0.1, 0.15) is 5.60 Å². The minimum Gasteiger partial charge on any atom is -0.444 e. The van der Waals surface area contributed by atoms with E-state index in [1.807, 2.05) is 27.0 Å². The van der Waals surface area contributed by atoms with E-state index in [2.05, 4.69) is 10.6 Å². The minimum atomic E-state index is -0.475. The summed E-state index contributed by atoms with van der Waals surface area (Å²) in [6.07, 6.45) is 3.16. The number of hydrogen-bond donors (Lipinski definition) is 2. The van der Waals surface area contributed by atoms with Crippen molar-refractivity contribution in [3.8, 4) is 0 Å². The third-order valence-electron chi connectivity index (χ3n) is 2.36. The van der Waals surface area contributed by atoms with E-state index in [1.165, 1.54) is 0 Å². The van der Waals surface area contributed by atoms with Gasteiger partial charge in [-0.15, -0.1) is 0 Å². The van der Waals surface area contributed by atoms with E-state index in [1.54, 1.807) is 33.3 Å². The van der Waals surface area contributed by atoms with Crippen LogP contribution in [0.3, 0.4) is 0 Å². The van der Waals surface area contributed by atoms with Gasteiger partial charge in [-0.3, -0.25) is 4.79 Å². The Bertz CT molecular complexity index is 352. The number of amides is 2. The molecule has 0 saturated heterocycles. The molecule has 0 aromatic heterocycles. The van der Waals surface area contributed by atoms with Crippen LogP contribution in [0.5, 0.6) is 0 Å². The molecule has 0 fully saturated rings. The van der Waals surface area contributed by atoms with Gasteiger partial charge in [0.05, 0.1) is 5.75 Å². The van der Waals surface area contributed by atoms with Gasteiger partial charge in [-0.05, 0) is 39.9 Å². The molecule has 0 aromatic rings. The molecule has 0 aliphatic heterocycles. The van der Waals surface area contributed by atoms with Gasteiger partial charge < -0.3 is 20.1 Å². The Kier molecular flexibility index (Phi) is 14.9. The Morgan fingerprint density at radius 3 is 2.21 bits per heavy atom. The van der Waals surface area contributed by atoms with Gasteiger partial charge >= 0.3 is 6.09 Å². The Hall–Kier alpha value is -0.250. The monoisotopic (exact) mass is 398 g/mol. The number of rotatable bonds is 13. The SMILES string of the molecule is CSCSSCC(=O)NCCCOCCCNC(=O)OC(C)(C)C. The number of carbonyl (C=O) groups is 2. The lowest BCUT2D eigenvalue weighted by Gasteiger charge is -2.19. The molecule has 0 bridgehead atoms. The first-order valence-electron chi connectivity index (χ1n) is 7.90. The molecule has 2 N–H and O–H groups in total. The fraction of sp³-hybridized carbons (Fsp3) is 0.867. The van der Waals surface area contributed by atoms with Crippen molar-refractivity contribution in [3.63, 3.8) is 0 Å². The second-order valence-corrected chi connectivity index (χ2v) is 9.58. The summed E-state index contributed by atoms with van der Waals surface area (Å²) in [5, 5.41) is 6.54. The number of thioether (sulfide) groups is 1. The molecule has 0 rings (SSSR count). The first-order chi connectivity index (χ1) is 11.3. The smallest absolute Gasteiger partial charge is 0.407 e. The Morgan fingerprint density at radius 1 is 1.00 bits per heavy atom. The van der Waals surface area contributed by atoms with E-state index < -0.39 is 11.7 Å². The lowest BCUT2D eigenvalue weighted by atomic mass is 10.2. The molecule has 142 valence electrons. The van der Waals surface area contributed by atoms with E-state index in [-0.39, 0.29) is 5.91 Å². The van der Waals surface area contributed by atoms with Gasteiger partial charge in [0.25, 0.3) is 0 Å². The molecule has 0 radical (unpaired) electrons. The standard InChI is InChI=1S/C15H30N2O4S3/c1-15(2,3)21-14(19)17-8-6-10-20-9-5-7-16-13(18)11-23-24-12-22-4/h5-12H2,1-4H3,(H,16,18)(H,17,19). The van der Waals surface area contributed by atoms with Crippen molar-refractivity contribution in [3.05, 3.63) is 0 Å². The number of hydrogen-bond acceptors (Lipinski definition) is 7. The molecule has 0 aromatic carbocycles. The lowest BCUT2D eigenvalue weighted by Crippen LogP contribution is -2.33. The van der Waals surface area contributed by atoms with E-state index in [0.717, 1.165) is 17.9 Å². The average molecular weight is 399 g/mol. The van der Waals surface area contributed by atoms with Crippen LogP contribution >= 0.6 is 33.3 Å². The number of nitrogens with one attached hydrogen (secondary N) is 2. The van der Waals surface area contributed by atoms with E-state index in [4.69, 9.17) is 9.47 Å². The summed E-state index contributed by atoms with van der Waals surface area (Å²) in [7, 11) is 3.27. The summed E-state index contributed by atoms with van der Waals surface area (Å²) < 4.78 is 10.6. The van der Waals surface area contributed by atoms with Crippen LogP contribution in [0.15, 0.2) is 0 Å². The maximum absolute atomic E-state index is 11.5. The van der Waals surface area contributed by atoms with Crippen LogP contribution in [0.1, 0.15) is 33.6 Å². The molecule has 0 spiro atoms. The quantitative estimate of drug-likeness (QED) is 0.280. The van der Waals surface area contributed by atoms with Crippen molar-refractivity contribution in [2.75, 3.05) is 43.4 Å². The number of carbonyl (C=O) groups excluding carboxylic acids is 2. The first kappa shape index (κ1) is 23.8. The second kappa shape index (κ2) is 15.0. The molecular weight excluding hydrogens is 368 g/mol. The Morgan fingerprint density at radius 2 is 1.62 bits per heavy atom. The van der Waals surface area contributed by atoms with Gasteiger partial charge in [0.15, 0.2) is 0 Å². The van der Waals surface area contributed by atoms with Gasteiger partial charge in [-0.25, -0.2) is 4.79 Å². The highest BCUT2D eigenvalue weighted by molar-refractivity contribution is 8.78. The van der Waals surface area contributed by atoms with E-state index in [9.17, 15) is 9.59 Å². The molecular formula is C15H30N2O4S3. The highest BCUT2D eigenvalue weighted by atomic mass is 33.1. The second-order valence-electron chi connectivity index (χ2n) is 5.88. The average Bonchev–Trinajstić information content (AvgIpc) is 2.48. The summed E-state index contributed by atoms with van der Waals surface area (Å²) in [5.41, 5.74) is -0.475. The van der Waals surface area contributed by atoms with Crippen molar-refractivity contribution in [1.29, 1.82) is 0 Å². The van der Waals surface area contributed by atoms with Crippen LogP contribution in [0.2, 0.25) is 0 Å². The maximum atomic E-state index is 11.5. The van der Waals surface area contributed by atoms with Crippen molar-refractivity contribution >= 4 is 45.4 Å². The highest BCUT2D eigenvalue weighted by Crippen LogP contribution is 2.23. The minimum absolute atomic E-state index is 0.0650. The largest absolute Gasteiger partial charge is 0.444 e. The summed E-state index contributed by atoms with van der Waals surface area (Å²) in [5.74, 6) is 0.553. The van der Waals surface area contributed by atoms with Crippen molar-refractivity contribution in [2.45, 2.75) is 39.2 Å². The molecule has 0 atom stereocenters. The molecule has 24 heavy (non-hydrogen) atoms. The summed E-state index contributed by atoms with van der Waals surface area (Å²) >= 11 is 1.75. The fourth-order valence-corrected chi connectivity index (χ4v) is 4.41. The van der Waals surface area contributed by atoms with E-state index in [0.29, 0.717) is 32.1 Å². The Labute approximate surface area is 157 Å². The molecule has 0 unspecified atom stereocenters. The van der Waals surface area contributed by atoms with Gasteiger partial charge in [-0.1, -0.05) is 21.6 Å². The van der Waals surface area contributed by atoms with E-state index >= 15 is 0 Å². The topological polar surface area (TPSA) is 76.7 Å². The predicted octanol–water partition coefficient (Wildman–Crippen LogP) is 3.13. The molecule has 2 amide bonds. The number of alkyl carbamates (subject to hydrolysis) is 1. The van der Waals surface area contributed by atoms with Crippen molar-refractivity contribution in [1.82, 2.24) is 10.6 Å². The zero-order valence-electron chi connectivity index (χ0n) is 15.0. The third kappa shape index (κ3) is 18.1. The van der Waals surface area contributed by atoms with Gasteiger partial charge in [0.2, 0.25) is 5.91 Å². The normalized spacial score (nSPS) is 11.2. The fourth-order valence-electron chi connectivity index (χ4n) is 1.41. The first-order valence-corrected chi connectivity index (χ1v) is 11.8. The summed E-state index contributed by atoms with van der Waals surface area (Å²) in [6, 6.07) is 0. The molecule has 0 aliphatic carbocycles. The molecule has 6 nitrogen and oxygen atoms in total. The third-order valence-corrected chi connectivity index (χ3v) is 5.95. The van der Waals surface area contributed by atoms with Crippen molar-refractivity contribution in [2.24, 2.45) is 0 Å². The summed E-state index contributed by atoms with van der Waals surface area (Å²) in [4.78, 5) is 22.9. The molecule has 0 aliphatic rings.